The standard InChI is InChI=1S/C17H10N4O8/c22-15-11(16(23)19-17(24)18-15)7-9-3-1-2-4-13(9)29-14-6-5-10(20(25)26)8-12(14)21(27)28/h1-8H,(H2,18,19,22,23,24). The van der Waals surface area contributed by atoms with Gasteiger partial charge >= 0.3 is 11.7 Å². The normalized spacial score (nSPS) is 13.4. The molecule has 146 valence electrons. The van der Waals surface area contributed by atoms with Crippen LogP contribution in [-0.2, 0) is 9.59 Å². The fraction of sp³-hybridized carbons (Fsp3) is 0. The summed E-state index contributed by atoms with van der Waals surface area (Å²) in [5, 5.41) is 25.9. The van der Waals surface area contributed by atoms with Gasteiger partial charge in [0.05, 0.1) is 15.9 Å². The number of rotatable bonds is 5. The number of para-hydroxylation sites is 1. The number of imide groups is 2. The summed E-state index contributed by atoms with van der Waals surface area (Å²) in [5.74, 6) is -2.08. The van der Waals surface area contributed by atoms with Gasteiger partial charge in [0.1, 0.15) is 11.3 Å². The molecule has 1 saturated heterocycles. The minimum atomic E-state index is -0.955. The molecule has 2 N–H and O–H groups in total. The molecule has 2 aromatic rings. The second kappa shape index (κ2) is 7.56. The third-order valence-corrected chi connectivity index (χ3v) is 3.73. The topological polar surface area (TPSA) is 171 Å². The fourth-order valence-corrected chi connectivity index (χ4v) is 2.42. The van der Waals surface area contributed by atoms with Crippen molar-refractivity contribution in [2.24, 2.45) is 0 Å². The average molecular weight is 398 g/mol. The molecule has 0 bridgehead atoms. The molecule has 1 fully saturated rings. The zero-order valence-corrected chi connectivity index (χ0v) is 14.3. The number of carbonyl (C=O) groups excluding carboxylic acids is 3. The van der Waals surface area contributed by atoms with Crippen molar-refractivity contribution >= 4 is 35.3 Å². The number of urea groups is 1. The average Bonchev–Trinajstić information content (AvgIpc) is 2.65. The second-order valence-corrected chi connectivity index (χ2v) is 5.60. The van der Waals surface area contributed by atoms with Crippen LogP contribution < -0.4 is 15.4 Å². The van der Waals surface area contributed by atoms with E-state index in [9.17, 15) is 34.6 Å². The van der Waals surface area contributed by atoms with Crippen LogP contribution in [0.15, 0.2) is 48.0 Å². The zero-order valence-electron chi connectivity index (χ0n) is 14.3. The molecule has 0 aromatic heterocycles. The van der Waals surface area contributed by atoms with Crippen molar-refractivity contribution in [2.75, 3.05) is 0 Å². The van der Waals surface area contributed by atoms with Gasteiger partial charge in [0, 0.05) is 11.6 Å². The van der Waals surface area contributed by atoms with E-state index in [4.69, 9.17) is 4.74 Å². The molecule has 0 spiro atoms. The molecule has 2 aromatic carbocycles. The van der Waals surface area contributed by atoms with Crippen molar-refractivity contribution in [3.63, 3.8) is 0 Å². The number of nitro groups is 2. The van der Waals surface area contributed by atoms with Gasteiger partial charge in [0.15, 0.2) is 0 Å². The van der Waals surface area contributed by atoms with E-state index in [1.165, 1.54) is 12.1 Å². The number of nitrogens with zero attached hydrogens (tertiary/aromatic N) is 2. The molecule has 12 heteroatoms. The van der Waals surface area contributed by atoms with E-state index in [2.05, 4.69) is 0 Å². The lowest BCUT2D eigenvalue weighted by Crippen LogP contribution is -2.51. The Morgan fingerprint density at radius 3 is 2.14 bits per heavy atom. The molecule has 4 amide bonds. The van der Waals surface area contributed by atoms with Crippen LogP contribution in [0.25, 0.3) is 6.08 Å². The number of hydrogen-bond acceptors (Lipinski definition) is 8. The first-order chi connectivity index (χ1) is 13.8. The first-order valence-electron chi connectivity index (χ1n) is 7.84. The molecule has 1 heterocycles. The number of ether oxygens (including phenoxy) is 1. The maximum atomic E-state index is 11.9. The summed E-state index contributed by atoms with van der Waals surface area (Å²) in [6.07, 6.45) is 1.14. The lowest BCUT2D eigenvalue weighted by Gasteiger charge is -2.15. The SMILES string of the molecule is O=C1NC(=O)C(=Cc2ccccc2Oc2ccc([N+](=O)[O-])cc2[N+](=O)[O-])C(=O)N1. The largest absolute Gasteiger partial charge is 0.449 e. The molecule has 1 aliphatic heterocycles. The van der Waals surface area contributed by atoms with Crippen molar-refractivity contribution in [3.8, 4) is 11.5 Å². The lowest BCUT2D eigenvalue weighted by atomic mass is 10.1. The Balaban J connectivity index is 2.01. The first kappa shape index (κ1) is 19.2. The third-order valence-electron chi connectivity index (χ3n) is 3.73. The van der Waals surface area contributed by atoms with E-state index in [0.29, 0.717) is 0 Å². The summed E-state index contributed by atoms with van der Waals surface area (Å²) in [6, 6.07) is 7.90. The zero-order chi connectivity index (χ0) is 21.1. The Bertz CT molecular complexity index is 1090. The summed E-state index contributed by atoms with van der Waals surface area (Å²) in [5.41, 5.74) is -1.30. The first-order valence-corrected chi connectivity index (χ1v) is 7.84. The molecule has 1 aliphatic rings. The summed E-state index contributed by atoms with van der Waals surface area (Å²) >= 11 is 0. The van der Waals surface area contributed by atoms with Crippen molar-refractivity contribution in [3.05, 3.63) is 73.8 Å². The van der Waals surface area contributed by atoms with E-state index < -0.39 is 39.1 Å². The van der Waals surface area contributed by atoms with E-state index in [1.807, 2.05) is 10.6 Å². The van der Waals surface area contributed by atoms with Crippen LogP contribution in [0, 0.1) is 20.2 Å². The van der Waals surface area contributed by atoms with Crippen LogP contribution in [-0.4, -0.2) is 27.7 Å². The number of carbonyl (C=O) groups is 3. The predicted octanol–water partition coefficient (Wildman–Crippen LogP) is 2.04. The number of non-ortho nitro benzene ring substituents is 1. The number of nitrogens with one attached hydrogen (secondary N) is 2. The molecule has 0 radical (unpaired) electrons. The number of hydrogen-bond donors (Lipinski definition) is 2. The van der Waals surface area contributed by atoms with Crippen molar-refractivity contribution in [1.29, 1.82) is 0 Å². The molecule has 12 nitrogen and oxygen atoms in total. The predicted molar refractivity (Wildman–Crippen MR) is 95.9 cm³/mol. The highest BCUT2D eigenvalue weighted by Crippen LogP contribution is 2.36. The van der Waals surface area contributed by atoms with Crippen molar-refractivity contribution in [1.82, 2.24) is 10.6 Å². The maximum Gasteiger partial charge on any atom is 0.328 e. The van der Waals surface area contributed by atoms with Crippen LogP contribution >= 0.6 is 0 Å². The molecular weight excluding hydrogens is 388 g/mol. The minimum absolute atomic E-state index is 0.0365. The Kier molecular flexibility index (Phi) is 4.99. The van der Waals surface area contributed by atoms with E-state index in [0.717, 1.165) is 24.3 Å². The molecule has 0 saturated carbocycles. The monoisotopic (exact) mass is 398 g/mol. The van der Waals surface area contributed by atoms with Gasteiger partial charge in [-0.15, -0.1) is 0 Å². The van der Waals surface area contributed by atoms with Gasteiger partial charge in [-0.05, 0) is 18.2 Å². The van der Waals surface area contributed by atoms with E-state index >= 15 is 0 Å². The van der Waals surface area contributed by atoms with Crippen LogP contribution in [0.3, 0.4) is 0 Å². The van der Waals surface area contributed by atoms with E-state index in [1.54, 1.807) is 12.1 Å². The van der Waals surface area contributed by atoms with Crippen LogP contribution in [0.2, 0.25) is 0 Å². The highest BCUT2D eigenvalue weighted by Gasteiger charge is 2.28. The number of benzene rings is 2. The maximum absolute atomic E-state index is 11.9. The molecule has 0 atom stereocenters. The minimum Gasteiger partial charge on any atom is -0.449 e. The van der Waals surface area contributed by atoms with Gasteiger partial charge in [-0.25, -0.2) is 4.79 Å². The van der Waals surface area contributed by atoms with Crippen LogP contribution in [0.1, 0.15) is 5.56 Å². The Hall–Kier alpha value is -4.61. The smallest absolute Gasteiger partial charge is 0.328 e. The Morgan fingerprint density at radius 2 is 1.52 bits per heavy atom. The molecule has 0 aliphatic carbocycles. The quantitative estimate of drug-likeness (QED) is 0.333. The van der Waals surface area contributed by atoms with Crippen LogP contribution in [0.5, 0.6) is 11.5 Å². The van der Waals surface area contributed by atoms with Gasteiger partial charge in [0.25, 0.3) is 17.5 Å². The highest BCUT2D eigenvalue weighted by molar-refractivity contribution is 6.31. The summed E-state index contributed by atoms with van der Waals surface area (Å²) in [6.45, 7) is 0. The number of amides is 4. The lowest BCUT2D eigenvalue weighted by molar-refractivity contribution is -0.394. The number of barbiturate groups is 1. The highest BCUT2D eigenvalue weighted by atomic mass is 16.6. The molecular formula is C17H10N4O8. The van der Waals surface area contributed by atoms with Crippen molar-refractivity contribution < 1.29 is 29.0 Å². The van der Waals surface area contributed by atoms with Gasteiger partial charge in [-0.2, -0.15) is 0 Å². The third kappa shape index (κ3) is 4.05. The number of nitro benzene ring substituents is 2. The molecule has 3 rings (SSSR count). The van der Waals surface area contributed by atoms with Crippen molar-refractivity contribution in [2.45, 2.75) is 0 Å². The summed E-state index contributed by atoms with van der Waals surface area (Å²) in [7, 11) is 0. The second-order valence-electron chi connectivity index (χ2n) is 5.60. The van der Waals surface area contributed by atoms with Gasteiger partial charge in [-0.3, -0.25) is 40.5 Å². The van der Waals surface area contributed by atoms with Gasteiger partial charge in [0.2, 0.25) is 5.75 Å². The summed E-state index contributed by atoms with van der Waals surface area (Å²) < 4.78 is 5.53. The van der Waals surface area contributed by atoms with Gasteiger partial charge < -0.3 is 4.74 Å². The Morgan fingerprint density at radius 1 is 0.862 bits per heavy atom. The Labute approximate surface area is 161 Å². The summed E-state index contributed by atoms with van der Waals surface area (Å²) in [4.78, 5) is 55.4. The van der Waals surface area contributed by atoms with E-state index in [-0.39, 0.29) is 22.6 Å². The van der Waals surface area contributed by atoms with Gasteiger partial charge in [-0.1, -0.05) is 18.2 Å². The molecule has 29 heavy (non-hydrogen) atoms. The fourth-order valence-electron chi connectivity index (χ4n) is 2.42. The molecule has 0 unspecified atom stereocenters. The van der Waals surface area contributed by atoms with Crippen LogP contribution in [0.4, 0.5) is 16.2 Å².